The molecule has 2 aromatic heterocycles. The molecule has 2 heterocycles. The van der Waals surface area contributed by atoms with E-state index >= 15 is 0 Å². The summed E-state index contributed by atoms with van der Waals surface area (Å²) in [6.45, 7) is 6.93. The molecule has 0 aliphatic carbocycles. The first-order valence-electron chi connectivity index (χ1n) is 20.2. The molecule has 0 radical (unpaired) electrons. The summed E-state index contributed by atoms with van der Waals surface area (Å²) in [5.41, 5.74) is -11.3. The Labute approximate surface area is 333 Å². The molecule has 0 aromatic carbocycles. The third kappa shape index (κ3) is 35.0. The Morgan fingerprint density at radius 1 is 0.446 bits per heavy atom. The van der Waals surface area contributed by atoms with Gasteiger partial charge in [0, 0.05) is 0 Å². The van der Waals surface area contributed by atoms with Crippen LogP contribution in [0.2, 0.25) is 0 Å². The predicted octanol–water partition coefficient (Wildman–Crippen LogP) is 10.1. The Bertz CT molecular complexity index is 1310. The molecule has 2 aromatic rings. The van der Waals surface area contributed by atoms with E-state index in [4.69, 9.17) is 25.9 Å². The molecule has 0 bridgehead atoms. The quantitative estimate of drug-likeness (QED) is 0.0304. The van der Waals surface area contributed by atoms with E-state index in [2.05, 4.69) is 83.7 Å². The highest BCUT2D eigenvalue weighted by Gasteiger charge is 2.37. The molecule has 332 valence electrons. The fourth-order valence-electron chi connectivity index (χ4n) is 5.54. The third-order valence-corrected chi connectivity index (χ3v) is 9.89. The second kappa shape index (κ2) is 32.7. The van der Waals surface area contributed by atoms with Crippen molar-refractivity contribution in [1.29, 1.82) is 0 Å². The lowest BCUT2D eigenvalue weighted by atomic mass is 10.1. The van der Waals surface area contributed by atoms with Gasteiger partial charge in [0.15, 0.2) is 20.2 Å². The van der Waals surface area contributed by atoms with Crippen LogP contribution in [0.4, 0.5) is 26.3 Å². The molecule has 0 aliphatic rings. The number of nitrogens with zero attached hydrogens (tertiary/aromatic N) is 4. The highest BCUT2D eigenvalue weighted by atomic mass is 32.2. The molecule has 2 rings (SSSR count). The Morgan fingerprint density at radius 2 is 0.643 bits per heavy atom. The topological polar surface area (TPSA) is 132 Å². The van der Waals surface area contributed by atoms with Crippen LogP contribution in [0.1, 0.15) is 168 Å². The minimum absolute atomic E-state index is 1.18. The van der Waals surface area contributed by atoms with Crippen molar-refractivity contribution in [2.24, 2.45) is 14.1 Å². The summed E-state index contributed by atoms with van der Waals surface area (Å²) in [7, 11) is -8.02. The lowest BCUT2D eigenvalue weighted by Gasteiger charge is -2.08. The summed E-state index contributed by atoms with van der Waals surface area (Å²) in [5.74, 6) is 0. The average Bonchev–Trinajstić information content (AvgIpc) is 3.71. The largest absolute Gasteiger partial charge is 0.741 e. The van der Waals surface area contributed by atoms with Crippen molar-refractivity contribution < 1.29 is 61.4 Å². The van der Waals surface area contributed by atoms with Gasteiger partial charge in [0.05, 0.1) is 27.2 Å². The molecule has 18 heteroatoms. The number of alkyl halides is 6. The van der Waals surface area contributed by atoms with E-state index in [0.717, 1.165) is 0 Å². The second-order valence-electron chi connectivity index (χ2n) is 14.2. The summed E-state index contributed by atoms with van der Waals surface area (Å²) >= 11 is 0. The minimum Gasteiger partial charge on any atom is -0.741 e. The van der Waals surface area contributed by atoms with Gasteiger partial charge in [0.25, 0.3) is 0 Å². The zero-order valence-corrected chi connectivity index (χ0v) is 35.8. The summed E-state index contributed by atoms with van der Waals surface area (Å²) in [6.07, 6.45) is 47.1. The number of imidazole rings is 2. The van der Waals surface area contributed by atoms with Crippen LogP contribution >= 0.6 is 0 Å². The monoisotopic (exact) mass is 856 g/mol. The second-order valence-corrected chi connectivity index (χ2v) is 17.0. The van der Waals surface area contributed by atoms with Crippen molar-refractivity contribution in [2.75, 3.05) is 0 Å². The van der Waals surface area contributed by atoms with E-state index in [0.29, 0.717) is 0 Å². The number of rotatable bonds is 26. The number of aryl methyl sites for hydroxylation is 4. The molecule has 0 spiro atoms. The summed E-state index contributed by atoms with van der Waals surface area (Å²) in [4.78, 5) is 0. The van der Waals surface area contributed by atoms with Gasteiger partial charge in [-0.25, -0.2) is 35.1 Å². The zero-order chi connectivity index (χ0) is 42.9. The Kier molecular flexibility index (Phi) is 32.7. The molecule has 0 N–H and O–H groups in total. The summed E-state index contributed by atoms with van der Waals surface area (Å²) in [5, 5.41) is 0. The van der Waals surface area contributed by atoms with Crippen LogP contribution in [0, 0.1) is 0 Å². The lowest BCUT2D eigenvalue weighted by Crippen LogP contribution is -2.23. The molecule has 0 unspecified atom stereocenters. The molecular formula is C38H70F6N4O6S2. The molecule has 10 nitrogen and oxygen atoms in total. The van der Waals surface area contributed by atoms with Crippen molar-refractivity contribution in [3.05, 3.63) is 37.4 Å². The van der Waals surface area contributed by atoms with Crippen LogP contribution in [0.15, 0.2) is 37.4 Å². The highest BCUT2D eigenvalue weighted by molar-refractivity contribution is 7.86. The number of hydrogen-bond acceptors (Lipinski definition) is 6. The normalized spacial score (nSPS) is 11.9. The minimum atomic E-state index is -6.09. The van der Waals surface area contributed by atoms with E-state index in [-0.39, 0.29) is 0 Å². The van der Waals surface area contributed by atoms with Gasteiger partial charge < -0.3 is 9.11 Å². The van der Waals surface area contributed by atoms with Crippen molar-refractivity contribution in [3.63, 3.8) is 0 Å². The standard InChI is InChI=1S/2C18H35N2.2CHF3O3S/c2*1-3-4-5-6-7-8-9-10-11-12-13-14-15-20-17-16-19(2)18-20;2*2-1(3,4)8(5,6)7/h2*16-18H,3-15H2,1-2H3;2*(H,5,6,7)/q2*+1;;/p-2. The fourth-order valence-corrected chi connectivity index (χ4v) is 5.54. The van der Waals surface area contributed by atoms with Crippen molar-refractivity contribution in [1.82, 2.24) is 9.13 Å². The average molecular weight is 857 g/mol. The predicted molar refractivity (Wildman–Crippen MR) is 205 cm³/mol. The van der Waals surface area contributed by atoms with Gasteiger partial charge in [0.2, 0.25) is 12.7 Å². The molecule has 0 aliphatic heterocycles. The maximum absolute atomic E-state index is 10.7. The third-order valence-electron chi connectivity index (χ3n) is 8.75. The highest BCUT2D eigenvalue weighted by Crippen LogP contribution is 2.21. The first-order chi connectivity index (χ1) is 26.2. The maximum atomic E-state index is 10.7. The zero-order valence-electron chi connectivity index (χ0n) is 34.2. The van der Waals surface area contributed by atoms with Gasteiger partial charge in [-0.15, -0.1) is 0 Å². The SMILES string of the molecule is CCCCCCCCCCCCCCn1cc[n+](C)c1.CCCCCCCCCCCCCCn1cc[n+](C)c1.O=S(=O)([O-])C(F)(F)F.O=S(=O)([O-])C(F)(F)F. The van der Waals surface area contributed by atoms with Crippen LogP contribution in [-0.4, -0.2) is 46.1 Å². The van der Waals surface area contributed by atoms with E-state index < -0.39 is 31.3 Å². The Hall–Kier alpha value is -2.18. The van der Waals surface area contributed by atoms with Crippen LogP contribution in [0.5, 0.6) is 0 Å². The number of unbranched alkanes of at least 4 members (excludes halogenated alkanes) is 22. The molecule has 0 saturated carbocycles. The fraction of sp³-hybridized carbons (Fsp3) is 0.842. The van der Waals surface area contributed by atoms with E-state index in [1.165, 1.54) is 167 Å². The molecule has 0 saturated heterocycles. The van der Waals surface area contributed by atoms with Crippen LogP contribution in [-0.2, 0) is 47.4 Å². The number of hydrogen-bond donors (Lipinski definition) is 0. The maximum Gasteiger partial charge on any atom is 0.485 e. The van der Waals surface area contributed by atoms with Crippen LogP contribution in [0.25, 0.3) is 0 Å². The van der Waals surface area contributed by atoms with E-state index in [9.17, 15) is 26.3 Å². The molecule has 0 atom stereocenters. The first-order valence-corrected chi connectivity index (χ1v) is 23.0. The van der Waals surface area contributed by atoms with Crippen molar-refractivity contribution >= 4 is 20.2 Å². The van der Waals surface area contributed by atoms with Gasteiger partial charge in [-0.1, -0.05) is 142 Å². The van der Waals surface area contributed by atoms with Crippen molar-refractivity contribution in [2.45, 2.75) is 192 Å². The summed E-state index contributed by atoms with van der Waals surface area (Å²) in [6, 6.07) is 0. The molecule has 56 heavy (non-hydrogen) atoms. The van der Waals surface area contributed by atoms with Gasteiger partial charge in [-0.05, 0) is 25.7 Å². The van der Waals surface area contributed by atoms with Crippen LogP contribution < -0.4 is 9.13 Å². The Balaban J connectivity index is 0. The van der Waals surface area contributed by atoms with Gasteiger partial charge >= 0.3 is 11.0 Å². The van der Waals surface area contributed by atoms with Gasteiger partial charge in [-0.3, -0.25) is 0 Å². The molecule has 0 amide bonds. The van der Waals surface area contributed by atoms with Crippen molar-refractivity contribution in [3.8, 4) is 0 Å². The van der Waals surface area contributed by atoms with Gasteiger partial charge in [-0.2, -0.15) is 26.3 Å². The van der Waals surface area contributed by atoms with Gasteiger partial charge in [0.1, 0.15) is 24.8 Å². The smallest absolute Gasteiger partial charge is 0.485 e. The number of halogens is 6. The van der Waals surface area contributed by atoms with Crippen LogP contribution in [0.3, 0.4) is 0 Å². The molecule has 0 fully saturated rings. The lowest BCUT2D eigenvalue weighted by molar-refractivity contribution is -0.671. The Morgan fingerprint density at radius 3 is 0.804 bits per heavy atom. The summed E-state index contributed by atoms with van der Waals surface area (Å²) < 4.78 is 127. The first kappa shape index (κ1) is 55.9. The molecular weight excluding hydrogens is 787 g/mol. The van der Waals surface area contributed by atoms with E-state index in [1.54, 1.807) is 0 Å². The number of aromatic nitrogens is 4. The van der Waals surface area contributed by atoms with E-state index in [1.807, 2.05) is 0 Å².